The van der Waals surface area contributed by atoms with E-state index in [1.165, 1.54) is 4.68 Å². The van der Waals surface area contributed by atoms with Crippen molar-refractivity contribution < 1.29 is 0 Å². The average Bonchev–Trinajstić information content (AvgIpc) is 2.42. The molecule has 0 radical (unpaired) electrons. The highest BCUT2D eigenvalue weighted by Gasteiger charge is 2.10. The second kappa shape index (κ2) is 6.13. The number of aromatic nitrogens is 4. The van der Waals surface area contributed by atoms with Gasteiger partial charge < -0.3 is 5.32 Å². The molecule has 0 bridgehead atoms. The molecule has 2 aromatic heterocycles. The summed E-state index contributed by atoms with van der Waals surface area (Å²) in [7, 11) is 0. The van der Waals surface area contributed by atoms with Gasteiger partial charge in [0.15, 0.2) is 0 Å². The van der Waals surface area contributed by atoms with E-state index in [0.29, 0.717) is 16.7 Å². The quantitative estimate of drug-likeness (QED) is 0.926. The van der Waals surface area contributed by atoms with E-state index in [0.717, 1.165) is 11.4 Å². The molecule has 2 heterocycles. The van der Waals surface area contributed by atoms with E-state index in [9.17, 15) is 4.79 Å². The fourth-order valence-electron chi connectivity index (χ4n) is 1.63. The van der Waals surface area contributed by atoms with Gasteiger partial charge in [-0.3, -0.25) is 14.8 Å². The van der Waals surface area contributed by atoms with Gasteiger partial charge in [-0.05, 0) is 36.7 Å². The number of nitrogens with zero attached hydrogens (tertiary/aromatic N) is 4. The SMILES string of the molecule is Cc1cnc(CNc2cnn(C(C)C)c(=O)c2Br)cn1. The summed E-state index contributed by atoms with van der Waals surface area (Å²) in [5, 5.41) is 7.27. The Bertz CT molecular complexity index is 651. The molecule has 7 heteroatoms. The monoisotopic (exact) mass is 337 g/mol. The lowest BCUT2D eigenvalue weighted by Gasteiger charge is -2.12. The zero-order chi connectivity index (χ0) is 14.7. The van der Waals surface area contributed by atoms with Crippen LogP contribution in [0.2, 0.25) is 0 Å². The van der Waals surface area contributed by atoms with Gasteiger partial charge >= 0.3 is 0 Å². The third-order valence-corrected chi connectivity index (χ3v) is 3.49. The maximum atomic E-state index is 12.1. The van der Waals surface area contributed by atoms with Gasteiger partial charge in [0, 0.05) is 6.20 Å². The van der Waals surface area contributed by atoms with Crippen LogP contribution < -0.4 is 10.9 Å². The molecule has 6 nitrogen and oxygen atoms in total. The summed E-state index contributed by atoms with van der Waals surface area (Å²) in [5.74, 6) is 0. The van der Waals surface area contributed by atoms with Crippen molar-refractivity contribution in [3.63, 3.8) is 0 Å². The van der Waals surface area contributed by atoms with Crippen LogP contribution in [0, 0.1) is 6.92 Å². The Morgan fingerprint density at radius 2 is 2.05 bits per heavy atom. The standard InChI is InChI=1S/C13H16BrN5O/c1-8(2)19-13(20)12(14)11(7-18-19)17-6-10-5-15-9(3)4-16-10/h4-5,7-8,17H,6H2,1-3H3. The summed E-state index contributed by atoms with van der Waals surface area (Å²) in [6, 6.07) is 0.0239. The van der Waals surface area contributed by atoms with Gasteiger partial charge in [0.1, 0.15) is 4.47 Å². The second-order valence-corrected chi connectivity index (χ2v) is 5.51. The topological polar surface area (TPSA) is 72.7 Å². The maximum Gasteiger partial charge on any atom is 0.283 e. The van der Waals surface area contributed by atoms with E-state index in [-0.39, 0.29) is 11.6 Å². The van der Waals surface area contributed by atoms with Crippen LogP contribution in [0.3, 0.4) is 0 Å². The molecule has 0 saturated heterocycles. The largest absolute Gasteiger partial charge is 0.377 e. The number of rotatable bonds is 4. The Hall–Kier alpha value is -1.76. The van der Waals surface area contributed by atoms with Crippen LogP contribution in [0.1, 0.15) is 31.3 Å². The first-order chi connectivity index (χ1) is 9.49. The number of anilines is 1. The van der Waals surface area contributed by atoms with E-state index in [4.69, 9.17) is 0 Å². The van der Waals surface area contributed by atoms with E-state index in [1.54, 1.807) is 18.6 Å². The lowest BCUT2D eigenvalue weighted by atomic mass is 10.3. The lowest BCUT2D eigenvalue weighted by molar-refractivity contribution is 0.501. The molecule has 0 aliphatic rings. The van der Waals surface area contributed by atoms with Crippen molar-refractivity contribution in [3.8, 4) is 0 Å². The van der Waals surface area contributed by atoms with Crippen LogP contribution in [-0.4, -0.2) is 19.7 Å². The molecule has 0 unspecified atom stereocenters. The summed E-state index contributed by atoms with van der Waals surface area (Å²) in [4.78, 5) is 20.5. The normalized spacial score (nSPS) is 10.8. The molecule has 0 atom stereocenters. The molecule has 20 heavy (non-hydrogen) atoms. The minimum absolute atomic E-state index is 0.0239. The van der Waals surface area contributed by atoms with E-state index in [1.807, 2.05) is 20.8 Å². The molecule has 1 N–H and O–H groups in total. The Labute approximate surface area is 125 Å². The molecule has 0 amide bonds. The van der Waals surface area contributed by atoms with Crippen molar-refractivity contribution in [1.29, 1.82) is 0 Å². The summed E-state index contributed by atoms with van der Waals surface area (Å²) in [6.07, 6.45) is 5.05. The average molecular weight is 338 g/mol. The van der Waals surface area contributed by atoms with Gasteiger partial charge in [-0.25, -0.2) is 4.68 Å². The number of halogens is 1. The smallest absolute Gasteiger partial charge is 0.283 e. The molecule has 0 aliphatic carbocycles. The third-order valence-electron chi connectivity index (χ3n) is 2.73. The molecular formula is C13H16BrN5O. The van der Waals surface area contributed by atoms with Crippen LogP contribution in [-0.2, 0) is 6.54 Å². The van der Waals surface area contributed by atoms with Crippen molar-refractivity contribution in [3.05, 3.63) is 44.8 Å². The Balaban J connectivity index is 2.16. The minimum Gasteiger partial charge on any atom is -0.377 e. The van der Waals surface area contributed by atoms with Crippen LogP contribution in [0.15, 0.2) is 27.9 Å². The first-order valence-electron chi connectivity index (χ1n) is 6.27. The predicted molar refractivity (Wildman–Crippen MR) is 80.7 cm³/mol. The fraction of sp³-hybridized carbons (Fsp3) is 0.385. The van der Waals surface area contributed by atoms with E-state index < -0.39 is 0 Å². The fourth-order valence-corrected chi connectivity index (χ4v) is 2.06. The summed E-state index contributed by atoms with van der Waals surface area (Å²) in [5.41, 5.74) is 2.17. The number of aryl methyl sites for hydroxylation is 1. The second-order valence-electron chi connectivity index (χ2n) is 4.72. The molecule has 2 aromatic rings. The van der Waals surface area contributed by atoms with Crippen LogP contribution in [0.5, 0.6) is 0 Å². The number of hydrogen-bond donors (Lipinski definition) is 1. The Morgan fingerprint density at radius 1 is 1.30 bits per heavy atom. The van der Waals surface area contributed by atoms with E-state index in [2.05, 4.69) is 36.3 Å². The van der Waals surface area contributed by atoms with Gasteiger partial charge in [-0.1, -0.05) is 0 Å². The van der Waals surface area contributed by atoms with E-state index >= 15 is 0 Å². The molecule has 0 aliphatic heterocycles. The predicted octanol–water partition coefficient (Wildman–Crippen LogP) is 2.30. The van der Waals surface area contributed by atoms with Gasteiger partial charge in [-0.15, -0.1) is 0 Å². The highest BCUT2D eigenvalue weighted by molar-refractivity contribution is 9.10. The van der Waals surface area contributed by atoms with Gasteiger partial charge in [0.05, 0.1) is 42.1 Å². The lowest BCUT2D eigenvalue weighted by Crippen LogP contribution is -2.26. The van der Waals surface area contributed by atoms with Crippen LogP contribution in [0.25, 0.3) is 0 Å². The zero-order valence-electron chi connectivity index (χ0n) is 11.6. The molecule has 0 spiro atoms. The van der Waals surface area contributed by atoms with Crippen LogP contribution >= 0.6 is 15.9 Å². The van der Waals surface area contributed by atoms with Crippen LogP contribution in [0.4, 0.5) is 5.69 Å². The van der Waals surface area contributed by atoms with Crippen molar-refractivity contribution >= 4 is 21.6 Å². The first kappa shape index (κ1) is 14.6. The van der Waals surface area contributed by atoms with Crippen molar-refractivity contribution in [2.45, 2.75) is 33.4 Å². The Morgan fingerprint density at radius 3 is 2.65 bits per heavy atom. The molecule has 0 aromatic carbocycles. The zero-order valence-corrected chi connectivity index (χ0v) is 13.2. The van der Waals surface area contributed by atoms with Gasteiger partial charge in [0.25, 0.3) is 5.56 Å². The molecule has 106 valence electrons. The molecule has 2 rings (SSSR count). The maximum absolute atomic E-state index is 12.1. The highest BCUT2D eigenvalue weighted by Crippen LogP contribution is 2.17. The minimum atomic E-state index is -0.153. The molecular weight excluding hydrogens is 322 g/mol. The van der Waals surface area contributed by atoms with Gasteiger partial charge in [0.2, 0.25) is 0 Å². The highest BCUT2D eigenvalue weighted by atomic mass is 79.9. The van der Waals surface area contributed by atoms with Crippen molar-refractivity contribution in [2.75, 3.05) is 5.32 Å². The Kier molecular flexibility index (Phi) is 4.49. The number of hydrogen-bond acceptors (Lipinski definition) is 5. The third kappa shape index (κ3) is 3.22. The van der Waals surface area contributed by atoms with Gasteiger partial charge in [-0.2, -0.15) is 5.10 Å². The summed E-state index contributed by atoms with van der Waals surface area (Å²) < 4.78 is 1.90. The number of nitrogens with one attached hydrogen (secondary N) is 1. The van der Waals surface area contributed by atoms with Crippen molar-refractivity contribution in [1.82, 2.24) is 19.7 Å². The first-order valence-corrected chi connectivity index (χ1v) is 7.07. The molecule has 0 fully saturated rings. The summed E-state index contributed by atoms with van der Waals surface area (Å²) in [6.45, 7) is 6.20. The molecule has 0 saturated carbocycles. The van der Waals surface area contributed by atoms with Crippen molar-refractivity contribution in [2.24, 2.45) is 0 Å². The summed E-state index contributed by atoms with van der Waals surface area (Å²) >= 11 is 3.31.